The molecule has 0 saturated carbocycles. The van der Waals surface area contributed by atoms with Crippen molar-refractivity contribution in [1.29, 1.82) is 0 Å². The maximum absolute atomic E-state index is 11.7. The van der Waals surface area contributed by atoms with Crippen molar-refractivity contribution in [3.63, 3.8) is 0 Å². The summed E-state index contributed by atoms with van der Waals surface area (Å²) in [4.78, 5) is 11.7. The van der Waals surface area contributed by atoms with Gasteiger partial charge in [-0.15, -0.1) is 10.2 Å². The van der Waals surface area contributed by atoms with Crippen LogP contribution in [0.2, 0.25) is 0 Å². The Kier molecular flexibility index (Phi) is 5.95. The monoisotopic (exact) mass is 269 g/mol. The summed E-state index contributed by atoms with van der Waals surface area (Å²) in [5.74, 6) is 1.29. The van der Waals surface area contributed by atoms with Gasteiger partial charge in [-0.1, -0.05) is 27.7 Å². The third kappa shape index (κ3) is 4.63. The lowest BCUT2D eigenvalue weighted by molar-refractivity contribution is -0.122. The Morgan fingerprint density at radius 3 is 2.37 bits per heavy atom. The van der Waals surface area contributed by atoms with E-state index in [0.29, 0.717) is 11.8 Å². The first-order chi connectivity index (χ1) is 8.95. The smallest absolute Gasteiger partial charge is 0.220 e. The molecule has 0 saturated heterocycles. The fraction of sp³-hybridized carbons (Fsp3) is 0.769. The fourth-order valence-corrected chi connectivity index (χ4v) is 1.71. The standard InChI is InChI=1S/C13H23N3O3/c1-8(2)10(7-11(18)14-5-6-17)13-16-15-12(19-13)9(3)4/h8-10,17H,5-7H2,1-4H3,(H,14,18). The molecule has 0 aliphatic rings. The molecule has 0 aliphatic carbocycles. The zero-order chi connectivity index (χ0) is 14.4. The molecule has 108 valence electrons. The van der Waals surface area contributed by atoms with E-state index in [0.717, 1.165) is 0 Å². The number of hydrogen-bond donors (Lipinski definition) is 2. The molecule has 0 aliphatic heterocycles. The molecule has 1 rings (SSSR count). The van der Waals surface area contributed by atoms with Crippen molar-refractivity contribution < 1.29 is 14.3 Å². The van der Waals surface area contributed by atoms with E-state index in [1.54, 1.807) is 0 Å². The number of nitrogens with zero attached hydrogens (tertiary/aromatic N) is 2. The first kappa shape index (κ1) is 15.6. The average molecular weight is 269 g/mol. The van der Waals surface area contributed by atoms with E-state index < -0.39 is 0 Å². The SMILES string of the molecule is CC(C)c1nnc(C(CC(=O)NCCO)C(C)C)o1. The lowest BCUT2D eigenvalue weighted by Gasteiger charge is -2.16. The molecule has 0 fully saturated rings. The molecule has 1 unspecified atom stereocenters. The Morgan fingerprint density at radius 2 is 1.89 bits per heavy atom. The van der Waals surface area contributed by atoms with Crippen LogP contribution in [0.4, 0.5) is 0 Å². The van der Waals surface area contributed by atoms with Gasteiger partial charge >= 0.3 is 0 Å². The highest BCUT2D eigenvalue weighted by atomic mass is 16.4. The Morgan fingerprint density at radius 1 is 1.26 bits per heavy atom. The predicted molar refractivity (Wildman–Crippen MR) is 70.7 cm³/mol. The number of hydrogen-bond acceptors (Lipinski definition) is 5. The predicted octanol–water partition coefficient (Wildman–Crippen LogP) is 1.43. The molecule has 1 atom stereocenters. The summed E-state index contributed by atoms with van der Waals surface area (Å²) in [5, 5.41) is 19.4. The van der Waals surface area contributed by atoms with E-state index in [4.69, 9.17) is 9.52 Å². The average Bonchev–Trinajstić information content (AvgIpc) is 2.82. The van der Waals surface area contributed by atoms with Crippen molar-refractivity contribution in [3.05, 3.63) is 11.8 Å². The van der Waals surface area contributed by atoms with Gasteiger partial charge in [-0.25, -0.2) is 0 Å². The first-order valence-corrected chi connectivity index (χ1v) is 6.66. The lowest BCUT2D eigenvalue weighted by Crippen LogP contribution is -2.28. The van der Waals surface area contributed by atoms with Crippen LogP contribution in [-0.4, -0.2) is 34.4 Å². The minimum atomic E-state index is -0.114. The van der Waals surface area contributed by atoms with Crippen LogP contribution in [0, 0.1) is 5.92 Å². The summed E-state index contributed by atoms with van der Waals surface area (Å²) in [6, 6.07) is 0. The molecule has 0 aromatic carbocycles. The number of amides is 1. The van der Waals surface area contributed by atoms with Gasteiger partial charge in [0.1, 0.15) is 0 Å². The molecule has 2 N–H and O–H groups in total. The van der Waals surface area contributed by atoms with Gasteiger partial charge in [-0.3, -0.25) is 4.79 Å². The van der Waals surface area contributed by atoms with Gasteiger partial charge in [0.25, 0.3) is 0 Å². The summed E-state index contributed by atoms with van der Waals surface area (Å²) in [6.45, 7) is 8.21. The van der Waals surface area contributed by atoms with Gasteiger partial charge in [0, 0.05) is 24.8 Å². The van der Waals surface area contributed by atoms with Gasteiger partial charge in [-0.05, 0) is 5.92 Å². The third-order valence-corrected chi connectivity index (χ3v) is 2.91. The highest BCUT2D eigenvalue weighted by Gasteiger charge is 2.25. The summed E-state index contributed by atoms with van der Waals surface area (Å²) in [7, 11) is 0. The third-order valence-electron chi connectivity index (χ3n) is 2.91. The van der Waals surface area contributed by atoms with E-state index in [1.807, 2.05) is 27.7 Å². The maximum Gasteiger partial charge on any atom is 0.220 e. The molecule has 1 heterocycles. The van der Waals surface area contributed by atoms with Crippen molar-refractivity contribution in [2.45, 2.75) is 46.0 Å². The molecule has 0 bridgehead atoms. The van der Waals surface area contributed by atoms with Gasteiger partial charge < -0.3 is 14.8 Å². The van der Waals surface area contributed by atoms with Gasteiger partial charge in [0.2, 0.25) is 17.7 Å². The number of carbonyl (C=O) groups is 1. The lowest BCUT2D eigenvalue weighted by atomic mass is 9.92. The van der Waals surface area contributed by atoms with E-state index in [2.05, 4.69) is 15.5 Å². The summed E-state index contributed by atoms with van der Waals surface area (Å²) in [5.41, 5.74) is 0. The summed E-state index contributed by atoms with van der Waals surface area (Å²) >= 11 is 0. The van der Waals surface area contributed by atoms with E-state index in [1.165, 1.54) is 0 Å². The fourth-order valence-electron chi connectivity index (χ4n) is 1.71. The number of aliphatic hydroxyl groups excluding tert-OH is 1. The molecule has 0 spiro atoms. The largest absolute Gasteiger partial charge is 0.425 e. The summed E-state index contributed by atoms with van der Waals surface area (Å²) < 4.78 is 5.62. The van der Waals surface area contributed by atoms with E-state index in [9.17, 15) is 4.79 Å². The second-order valence-corrected chi connectivity index (χ2v) is 5.26. The highest BCUT2D eigenvalue weighted by molar-refractivity contribution is 5.76. The van der Waals surface area contributed by atoms with Gasteiger partial charge in [0.05, 0.1) is 6.61 Å². The normalized spacial score (nSPS) is 13.0. The minimum absolute atomic E-state index is 0.0594. The molecule has 0 radical (unpaired) electrons. The highest BCUT2D eigenvalue weighted by Crippen LogP contribution is 2.28. The Balaban J connectivity index is 2.73. The van der Waals surface area contributed by atoms with Crippen molar-refractivity contribution in [3.8, 4) is 0 Å². The summed E-state index contributed by atoms with van der Waals surface area (Å²) in [6.07, 6.45) is 0.289. The Bertz CT molecular complexity index is 402. The minimum Gasteiger partial charge on any atom is -0.425 e. The van der Waals surface area contributed by atoms with Crippen LogP contribution < -0.4 is 5.32 Å². The second kappa shape index (κ2) is 7.23. The topological polar surface area (TPSA) is 88.2 Å². The Labute approximate surface area is 113 Å². The van der Waals surface area contributed by atoms with Gasteiger partial charge in [0.15, 0.2) is 0 Å². The first-order valence-electron chi connectivity index (χ1n) is 6.66. The van der Waals surface area contributed by atoms with Crippen LogP contribution in [0.3, 0.4) is 0 Å². The number of aliphatic hydroxyl groups is 1. The van der Waals surface area contributed by atoms with Crippen molar-refractivity contribution in [2.75, 3.05) is 13.2 Å². The molecule has 19 heavy (non-hydrogen) atoms. The second-order valence-electron chi connectivity index (χ2n) is 5.26. The van der Waals surface area contributed by atoms with Gasteiger partial charge in [-0.2, -0.15) is 0 Å². The number of carbonyl (C=O) groups excluding carboxylic acids is 1. The number of nitrogens with one attached hydrogen (secondary N) is 1. The zero-order valence-electron chi connectivity index (χ0n) is 12.0. The van der Waals surface area contributed by atoms with Crippen LogP contribution in [-0.2, 0) is 4.79 Å². The quantitative estimate of drug-likeness (QED) is 0.781. The van der Waals surface area contributed by atoms with E-state index in [-0.39, 0.29) is 43.2 Å². The molecule has 1 aromatic heterocycles. The molecule has 1 amide bonds. The Hall–Kier alpha value is -1.43. The van der Waals surface area contributed by atoms with Crippen LogP contribution in [0.25, 0.3) is 0 Å². The van der Waals surface area contributed by atoms with Crippen LogP contribution in [0.5, 0.6) is 0 Å². The van der Waals surface area contributed by atoms with Crippen LogP contribution >= 0.6 is 0 Å². The molecular weight excluding hydrogens is 246 g/mol. The number of aromatic nitrogens is 2. The van der Waals surface area contributed by atoms with Crippen molar-refractivity contribution in [2.24, 2.45) is 5.92 Å². The van der Waals surface area contributed by atoms with Crippen LogP contribution in [0.1, 0.15) is 57.7 Å². The zero-order valence-corrected chi connectivity index (χ0v) is 12.0. The molecule has 6 heteroatoms. The van der Waals surface area contributed by atoms with Crippen LogP contribution in [0.15, 0.2) is 4.42 Å². The van der Waals surface area contributed by atoms with E-state index >= 15 is 0 Å². The van der Waals surface area contributed by atoms with Crippen molar-refractivity contribution >= 4 is 5.91 Å². The maximum atomic E-state index is 11.7. The van der Waals surface area contributed by atoms with Crippen molar-refractivity contribution in [1.82, 2.24) is 15.5 Å². The number of rotatable bonds is 7. The molecule has 1 aromatic rings. The molecule has 6 nitrogen and oxygen atoms in total. The molecular formula is C13H23N3O3.